The number of benzene rings is 3. The van der Waals surface area contributed by atoms with Gasteiger partial charge in [0.05, 0.1) is 0 Å². The summed E-state index contributed by atoms with van der Waals surface area (Å²) in [5, 5.41) is 13.4. The Bertz CT molecular complexity index is 1380. The summed E-state index contributed by atoms with van der Waals surface area (Å²) in [5.41, 5.74) is 8.27. The first-order valence-corrected chi connectivity index (χ1v) is 15.1. The van der Waals surface area contributed by atoms with Crippen molar-refractivity contribution < 1.29 is 5.11 Å². The van der Waals surface area contributed by atoms with Gasteiger partial charge in [0.2, 0.25) is 0 Å². The zero-order chi connectivity index (χ0) is 26.3. The Labute approximate surface area is 229 Å². The van der Waals surface area contributed by atoms with Gasteiger partial charge in [0, 0.05) is 11.5 Å². The number of fused-ring (bicyclic) bond motifs is 2. The first kappa shape index (κ1) is 26.5. The third kappa shape index (κ3) is 5.98. The van der Waals surface area contributed by atoms with Gasteiger partial charge in [0.25, 0.3) is 0 Å². The molecule has 2 atom stereocenters. The maximum absolute atomic E-state index is 11.0. The monoisotopic (exact) mass is 504 g/mol. The first-order chi connectivity index (χ1) is 18.7. The van der Waals surface area contributed by atoms with Crippen LogP contribution < -0.4 is 10.4 Å². The van der Waals surface area contributed by atoms with E-state index < -0.39 is 0 Å². The molecule has 0 aromatic heterocycles. The zero-order valence-electron chi connectivity index (χ0n) is 23.4. The highest BCUT2D eigenvalue weighted by Gasteiger charge is 2.26. The zero-order valence-corrected chi connectivity index (χ0v) is 23.4. The van der Waals surface area contributed by atoms with Crippen LogP contribution in [-0.4, -0.2) is 5.11 Å². The van der Waals surface area contributed by atoms with Crippen LogP contribution in [0.25, 0.3) is 12.2 Å². The van der Waals surface area contributed by atoms with Crippen LogP contribution in [0.5, 0.6) is 5.75 Å². The lowest BCUT2D eigenvalue weighted by atomic mass is 9.88. The van der Waals surface area contributed by atoms with E-state index in [4.69, 9.17) is 0 Å². The molecule has 2 unspecified atom stereocenters. The van der Waals surface area contributed by atoms with Gasteiger partial charge in [0.1, 0.15) is 5.75 Å². The number of allylic oxidation sites excluding steroid dienone is 2. The minimum atomic E-state index is 0.276. The SMILES string of the molecule is CCCCCC(CCCC)c1ccc(CC2=CC=c3ccc(O)c(C4CCc5ccccc54)c3=CC2)cc1. The van der Waals surface area contributed by atoms with Crippen molar-refractivity contribution in [2.24, 2.45) is 0 Å². The second kappa shape index (κ2) is 12.7. The molecule has 5 rings (SSSR count). The molecule has 1 nitrogen and oxygen atoms in total. The largest absolute Gasteiger partial charge is 0.508 e. The molecule has 3 aromatic rings. The van der Waals surface area contributed by atoms with Crippen LogP contribution >= 0.6 is 0 Å². The predicted molar refractivity (Wildman–Crippen MR) is 162 cm³/mol. The normalized spacial score (nSPS) is 17.0. The van der Waals surface area contributed by atoms with Crippen LogP contribution in [0.1, 0.15) is 111 Å². The van der Waals surface area contributed by atoms with E-state index in [1.54, 1.807) is 0 Å². The van der Waals surface area contributed by atoms with E-state index in [1.807, 2.05) is 6.07 Å². The fourth-order valence-corrected chi connectivity index (χ4v) is 6.62. The van der Waals surface area contributed by atoms with Crippen molar-refractivity contribution in [3.05, 3.63) is 111 Å². The summed E-state index contributed by atoms with van der Waals surface area (Å²) in [6.45, 7) is 4.60. The van der Waals surface area contributed by atoms with Gasteiger partial charge in [-0.1, -0.05) is 124 Å². The molecule has 0 saturated carbocycles. The van der Waals surface area contributed by atoms with Crippen molar-refractivity contribution in [3.63, 3.8) is 0 Å². The van der Waals surface area contributed by atoms with Gasteiger partial charge in [-0.3, -0.25) is 0 Å². The van der Waals surface area contributed by atoms with Crippen molar-refractivity contribution in [1.82, 2.24) is 0 Å². The summed E-state index contributed by atoms with van der Waals surface area (Å²) < 4.78 is 0. The van der Waals surface area contributed by atoms with Gasteiger partial charge in [-0.05, 0) is 83.2 Å². The number of rotatable bonds is 11. The van der Waals surface area contributed by atoms with Crippen LogP contribution in [0.3, 0.4) is 0 Å². The minimum absolute atomic E-state index is 0.276. The van der Waals surface area contributed by atoms with Gasteiger partial charge in [-0.25, -0.2) is 0 Å². The molecular formula is C37H44O. The standard InChI is InChI=1S/C37H44O/c1-3-5-7-11-29(10-6-4-2)30-18-14-27(15-19-30)26-28-16-20-32-22-25-36(38)37(34(32)23-17-28)35-24-21-31-12-8-9-13-33(31)35/h8-9,12-16,18-20,22-23,25,29,35,38H,3-7,10-11,17,21,24,26H2,1-2H3. The third-order valence-corrected chi connectivity index (χ3v) is 8.79. The maximum atomic E-state index is 11.0. The van der Waals surface area contributed by atoms with Crippen molar-refractivity contribution in [2.75, 3.05) is 0 Å². The highest BCUT2D eigenvalue weighted by molar-refractivity contribution is 5.55. The Morgan fingerprint density at radius 2 is 1.63 bits per heavy atom. The number of hydrogen-bond acceptors (Lipinski definition) is 1. The highest BCUT2D eigenvalue weighted by atomic mass is 16.3. The molecule has 0 aliphatic heterocycles. The van der Waals surface area contributed by atoms with Crippen molar-refractivity contribution in [3.8, 4) is 5.75 Å². The summed E-state index contributed by atoms with van der Waals surface area (Å²) >= 11 is 0. The average Bonchev–Trinajstić information content (AvgIpc) is 3.26. The summed E-state index contributed by atoms with van der Waals surface area (Å²) in [4.78, 5) is 0. The van der Waals surface area contributed by atoms with E-state index in [2.05, 4.69) is 86.7 Å². The van der Waals surface area contributed by atoms with E-state index in [1.165, 1.54) is 83.2 Å². The predicted octanol–water partition coefficient (Wildman–Crippen LogP) is 8.46. The quantitative estimate of drug-likeness (QED) is 0.260. The number of phenolic OH excluding ortho intramolecular Hbond substituents is 1. The van der Waals surface area contributed by atoms with E-state index >= 15 is 0 Å². The molecule has 198 valence electrons. The highest BCUT2D eigenvalue weighted by Crippen LogP contribution is 2.39. The van der Waals surface area contributed by atoms with Crippen LogP contribution in [0.15, 0.2) is 72.3 Å². The van der Waals surface area contributed by atoms with Gasteiger partial charge >= 0.3 is 0 Å². The second-order valence-corrected chi connectivity index (χ2v) is 11.4. The Kier molecular flexibility index (Phi) is 8.84. The minimum Gasteiger partial charge on any atom is -0.508 e. The molecule has 0 radical (unpaired) electrons. The van der Waals surface area contributed by atoms with E-state index in [9.17, 15) is 5.11 Å². The topological polar surface area (TPSA) is 20.2 Å². The van der Waals surface area contributed by atoms with E-state index in [0.717, 1.165) is 31.2 Å². The fourth-order valence-electron chi connectivity index (χ4n) is 6.62. The summed E-state index contributed by atoms with van der Waals surface area (Å²) in [6.07, 6.45) is 20.2. The lowest BCUT2D eigenvalue weighted by molar-refractivity contribution is 0.463. The molecule has 38 heavy (non-hydrogen) atoms. The fraction of sp³-hybridized carbons (Fsp3) is 0.405. The molecule has 0 fully saturated rings. The van der Waals surface area contributed by atoms with Crippen LogP contribution in [0.4, 0.5) is 0 Å². The Morgan fingerprint density at radius 1 is 0.842 bits per heavy atom. The molecule has 1 heteroatoms. The molecule has 0 saturated heterocycles. The second-order valence-electron chi connectivity index (χ2n) is 11.4. The van der Waals surface area contributed by atoms with Crippen LogP contribution in [0.2, 0.25) is 0 Å². The van der Waals surface area contributed by atoms with Crippen molar-refractivity contribution >= 4 is 12.2 Å². The number of aryl methyl sites for hydroxylation is 1. The molecule has 1 N–H and O–H groups in total. The van der Waals surface area contributed by atoms with Gasteiger partial charge in [-0.2, -0.15) is 0 Å². The molecule has 2 aliphatic carbocycles. The molecule has 0 heterocycles. The van der Waals surface area contributed by atoms with E-state index in [0.29, 0.717) is 11.7 Å². The third-order valence-electron chi connectivity index (χ3n) is 8.79. The Balaban J connectivity index is 1.33. The number of unbranched alkanes of at least 4 members (excludes halogenated alkanes) is 3. The lowest BCUT2D eigenvalue weighted by Gasteiger charge is -2.18. The van der Waals surface area contributed by atoms with Gasteiger partial charge in [0.15, 0.2) is 0 Å². The smallest absolute Gasteiger partial charge is 0.120 e. The summed E-state index contributed by atoms with van der Waals surface area (Å²) in [6, 6.07) is 22.2. The lowest BCUT2D eigenvalue weighted by Crippen LogP contribution is -2.29. The molecule has 3 aromatic carbocycles. The Morgan fingerprint density at radius 3 is 2.45 bits per heavy atom. The molecular weight excluding hydrogens is 460 g/mol. The van der Waals surface area contributed by atoms with Crippen molar-refractivity contribution in [2.45, 2.75) is 96.3 Å². The van der Waals surface area contributed by atoms with Gasteiger partial charge < -0.3 is 5.11 Å². The summed E-state index contributed by atoms with van der Waals surface area (Å²) in [5.74, 6) is 1.42. The van der Waals surface area contributed by atoms with Crippen molar-refractivity contribution in [1.29, 1.82) is 0 Å². The van der Waals surface area contributed by atoms with E-state index in [-0.39, 0.29) is 5.92 Å². The Hall–Kier alpha value is -3.06. The van der Waals surface area contributed by atoms with Gasteiger partial charge in [-0.15, -0.1) is 0 Å². The van der Waals surface area contributed by atoms with Crippen LogP contribution in [0, 0.1) is 0 Å². The number of aromatic hydroxyl groups is 1. The maximum Gasteiger partial charge on any atom is 0.120 e. The molecule has 0 spiro atoms. The molecule has 0 amide bonds. The van der Waals surface area contributed by atoms with Crippen LogP contribution in [-0.2, 0) is 12.8 Å². The molecule has 2 aliphatic rings. The molecule has 0 bridgehead atoms. The number of phenols is 1. The first-order valence-electron chi connectivity index (χ1n) is 15.1. The number of hydrogen-bond donors (Lipinski definition) is 1. The average molecular weight is 505 g/mol. The summed E-state index contributed by atoms with van der Waals surface area (Å²) in [7, 11) is 0.